The van der Waals surface area contributed by atoms with E-state index in [2.05, 4.69) is 5.32 Å². The Balaban J connectivity index is 2.21. The fourth-order valence-electron chi connectivity index (χ4n) is 3.41. The second-order valence-electron chi connectivity index (χ2n) is 6.68. The molecule has 0 radical (unpaired) electrons. The van der Waals surface area contributed by atoms with Gasteiger partial charge in [-0.3, -0.25) is 4.79 Å². The van der Waals surface area contributed by atoms with Gasteiger partial charge in [-0.05, 0) is 52.2 Å². The fraction of sp³-hybridized carbons (Fsp3) is 0.650. The largest absolute Gasteiger partial charge is 0.490 e. The monoisotopic (exact) mass is 403 g/mol. The number of amides is 1. The van der Waals surface area contributed by atoms with Crippen LogP contribution in [0, 0.1) is 5.92 Å². The van der Waals surface area contributed by atoms with Gasteiger partial charge in [0.1, 0.15) is 0 Å². The zero-order valence-electron chi connectivity index (χ0n) is 16.5. The first-order chi connectivity index (χ1) is 13.3. The number of carbonyl (C=O) groups excluding carboxylic acids is 1. The van der Waals surface area contributed by atoms with Crippen LogP contribution < -0.4 is 19.5 Å². The van der Waals surface area contributed by atoms with Crippen LogP contribution in [0.1, 0.15) is 56.8 Å². The first-order valence-corrected chi connectivity index (χ1v) is 9.74. The Morgan fingerprint density at radius 1 is 1.04 bits per heavy atom. The van der Waals surface area contributed by atoms with E-state index in [1.807, 2.05) is 20.8 Å². The number of ether oxygens (including phenoxy) is 3. The first kappa shape index (κ1) is 22.2. The van der Waals surface area contributed by atoms with Gasteiger partial charge in [-0.25, -0.2) is 0 Å². The molecule has 0 spiro atoms. The molecule has 2 rings (SSSR count). The molecule has 0 aliphatic heterocycles. The summed E-state index contributed by atoms with van der Waals surface area (Å²) in [5.41, 5.74) is 0.268. The van der Waals surface area contributed by atoms with Crippen molar-refractivity contribution in [3.05, 3.63) is 17.7 Å². The zero-order valence-corrected chi connectivity index (χ0v) is 16.5. The van der Waals surface area contributed by atoms with E-state index < -0.39 is 24.0 Å². The van der Waals surface area contributed by atoms with Gasteiger partial charge in [-0.15, -0.1) is 0 Å². The predicted octanol–water partition coefficient (Wildman–Crippen LogP) is 4.73. The van der Waals surface area contributed by atoms with E-state index in [1.165, 1.54) is 12.1 Å². The normalized spacial score (nSPS) is 19.8. The molecule has 1 fully saturated rings. The second-order valence-corrected chi connectivity index (χ2v) is 6.68. The third kappa shape index (κ3) is 5.69. The summed E-state index contributed by atoms with van der Waals surface area (Å²) in [6.45, 7) is 6.57. The minimum atomic E-state index is -4.23. The van der Waals surface area contributed by atoms with Gasteiger partial charge in [-0.2, -0.15) is 13.2 Å². The number of alkyl halides is 3. The summed E-state index contributed by atoms with van der Waals surface area (Å²) in [6.07, 6.45) is -3.24. The lowest BCUT2D eigenvalue weighted by atomic mass is 9.85. The van der Waals surface area contributed by atoms with Crippen LogP contribution in [0.4, 0.5) is 13.2 Å². The Morgan fingerprint density at radius 2 is 1.61 bits per heavy atom. The molecule has 2 atom stereocenters. The average molecular weight is 403 g/mol. The number of hydrogen-bond donors (Lipinski definition) is 1. The lowest BCUT2D eigenvalue weighted by Gasteiger charge is -2.31. The molecule has 1 amide bonds. The van der Waals surface area contributed by atoms with E-state index >= 15 is 0 Å². The predicted molar refractivity (Wildman–Crippen MR) is 99.2 cm³/mol. The summed E-state index contributed by atoms with van der Waals surface area (Å²) in [5, 5.41) is 2.74. The Labute approximate surface area is 163 Å². The molecule has 1 N–H and O–H groups in total. The molecule has 1 aliphatic carbocycles. The second kappa shape index (κ2) is 9.89. The van der Waals surface area contributed by atoms with Crippen LogP contribution in [0.3, 0.4) is 0 Å². The number of halogens is 3. The lowest BCUT2D eigenvalue weighted by Crippen LogP contribution is -2.41. The summed E-state index contributed by atoms with van der Waals surface area (Å²) < 4.78 is 55.8. The standard InChI is InChI=1S/C20H28F3NO4/c1-4-26-16-10-13(11-17(27-5-2)18(16)28-6-3)19(25)24-15-9-7-8-14(12-15)20(21,22)23/h10-11,14-15H,4-9,12H2,1-3H3,(H,24,25). The minimum Gasteiger partial charge on any atom is -0.490 e. The molecule has 0 aromatic heterocycles. The summed E-state index contributed by atoms with van der Waals surface area (Å²) >= 11 is 0. The van der Waals surface area contributed by atoms with Crippen molar-refractivity contribution in [1.29, 1.82) is 0 Å². The number of rotatable bonds is 8. The van der Waals surface area contributed by atoms with Crippen LogP contribution in [0.2, 0.25) is 0 Å². The van der Waals surface area contributed by atoms with Crippen molar-refractivity contribution in [1.82, 2.24) is 5.32 Å². The van der Waals surface area contributed by atoms with Crippen molar-refractivity contribution in [3.8, 4) is 17.2 Å². The Kier molecular flexibility index (Phi) is 7.83. The van der Waals surface area contributed by atoms with Crippen LogP contribution in [0.25, 0.3) is 0 Å². The zero-order chi connectivity index (χ0) is 20.7. The molecule has 5 nitrogen and oxygen atoms in total. The molecule has 1 aromatic rings. The molecule has 0 bridgehead atoms. The van der Waals surface area contributed by atoms with Gasteiger partial charge in [0.15, 0.2) is 11.5 Å². The Hall–Kier alpha value is -2.12. The van der Waals surface area contributed by atoms with Gasteiger partial charge in [0, 0.05) is 11.6 Å². The number of hydrogen-bond acceptors (Lipinski definition) is 4. The van der Waals surface area contributed by atoms with Gasteiger partial charge >= 0.3 is 6.18 Å². The van der Waals surface area contributed by atoms with Crippen molar-refractivity contribution in [3.63, 3.8) is 0 Å². The van der Waals surface area contributed by atoms with E-state index in [0.29, 0.717) is 49.9 Å². The molecule has 0 heterocycles. The van der Waals surface area contributed by atoms with Gasteiger partial charge < -0.3 is 19.5 Å². The fourth-order valence-corrected chi connectivity index (χ4v) is 3.41. The van der Waals surface area contributed by atoms with E-state index in [-0.39, 0.29) is 18.4 Å². The molecule has 1 aliphatic rings. The SMILES string of the molecule is CCOc1cc(C(=O)NC2CCCC(C(F)(F)F)C2)cc(OCC)c1OCC. The summed E-state index contributed by atoms with van der Waals surface area (Å²) in [7, 11) is 0. The Morgan fingerprint density at radius 3 is 2.11 bits per heavy atom. The average Bonchev–Trinajstić information content (AvgIpc) is 2.64. The molecule has 1 aromatic carbocycles. The summed E-state index contributed by atoms with van der Waals surface area (Å²) in [5.74, 6) is -0.658. The number of nitrogens with one attached hydrogen (secondary N) is 1. The highest BCUT2D eigenvalue weighted by Crippen LogP contribution is 2.40. The molecule has 158 valence electrons. The summed E-state index contributed by atoms with van der Waals surface area (Å²) in [6, 6.07) is 2.57. The maximum Gasteiger partial charge on any atom is 0.391 e. The quantitative estimate of drug-likeness (QED) is 0.682. The van der Waals surface area contributed by atoms with Gasteiger partial charge in [0.25, 0.3) is 5.91 Å². The molecule has 1 saturated carbocycles. The van der Waals surface area contributed by atoms with Crippen molar-refractivity contribution < 1.29 is 32.2 Å². The molecule has 2 unspecified atom stereocenters. The maximum absolute atomic E-state index is 13.0. The van der Waals surface area contributed by atoms with Crippen LogP contribution >= 0.6 is 0 Å². The molecular weight excluding hydrogens is 375 g/mol. The smallest absolute Gasteiger partial charge is 0.391 e. The molecule has 0 saturated heterocycles. The molecule has 8 heteroatoms. The van der Waals surface area contributed by atoms with Gasteiger partial charge in [-0.1, -0.05) is 6.42 Å². The van der Waals surface area contributed by atoms with E-state index in [4.69, 9.17) is 14.2 Å². The highest BCUT2D eigenvalue weighted by molar-refractivity contribution is 5.95. The Bertz CT molecular complexity index is 636. The third-order valence-electron chi connectivity index (χ3n) is 4.64. The number of carbonyl (C=O) groups is 1. The van der Waals surface area contributed by atoms with E-state index in [1.54, 1.807) is 0 Å². The van der Waals surface area contributed by atoms with Crippen molar-refractivity contribution >= 4 is 5.91 Å². The third-order valence-corrected chi connectivity index (χ3v) is 4.64. The van der Waals surface area contributed by atoms with Gasteiger partial charge in [0.05, 0.1) is 25.7 Å². The lowest BCUT2D eigenvalue weighted by molar-refractivity contribution is -0.183. The first-order valence-electron chi connectivity index (χ1n) is 9.74. The van der Waals surface area contributed by atoms with Crippen molar-refractivity contribution in [2.75, 3.05) is 19.8 Å². The van der Waals surface area contributed by atoms with E-state index in [9.17, 15) is 18.0 Å². The van der Waals surface area contributed by atoms with Gasteiger partial charge in [0.2, 0.25) is 5.75 Å². The van der Waals surface area contributed by atoms with Crippen LogP contribution in [0.5, 0.6) is 17.2 Å². The molecular formula is C20H28F3NO4. The number of benzene rings is 1. The van der Waals surface area contributed by atoms with Crippen molar-refractivity contribution in [2.24, 2.45) is 5.92 Å². The minimum absolute atomic E-state index is 0.0943. The van der Waals surface area contributed by atoms with Crippen LogP contribution in [-0.4, -0.2) is 37.9 Å². The summed E-state index contributed by atoms with van der Waals surface area (Å²) in [4.78, 5) is 12.7. The van der Waals surface area contributed by atoms with E-state index in [0.717, 1.165) is 0 Å². The van der Waals surface area contributed by atoms with Crippen molar-refractivity contribution in [2.45, 2.75) is 58.7 Å². The topological polar surface area (TPSA) is 56.8 Å². The van der Waals surface area contributed by atoms with Crippen LogP contribution in [-0.2, 0) is 0 Å². The highest BCUT2D eigenvalue weighted by atomic mass is 19.4. The molecule has 28 heavy (non-hydrogen) atoms. The maximum atomic E-state index is 13.0. The van der Waals surface area contributed by atoms with Crippen LogP contribution in [0.15, 0.2) is 12.1 Å². The highest BCUT2D eigenvalue weighted by Gasteiger charge is 2.42.